The molecule has 1 aromatic carbocycles. The van der Waals surface area contributed by atoms with Gasteiger partial charge in [0.1, 0.15) is 0 Å². The molecule has 0 bridgehead atoms. The zero-order valence-corrected chi connectivity index (χ0v) is 12.3. The predicted octanol–water partition coefficient (Wildman–Crippen LogP) is 3.64. The monoisotopic (exact) mass is 301 g/mol. The predicted molar refractivity (Wildman–Crippen MR) is 78.5 cm³/mol. The molecule has 0 N–H and O–H groups in total. The van der Waals surface area contributed by atoms with Crippen LogP contribution in [0.15, 0.2) is 30.3 Å². The first-order valence-corrected chi connectivity index (χ1v) is 8.19. The zero-order valence-electron chi connectivity index (χ0n) is 9.86. The summed E-state index contributed by atoms with van der Waals surface area (Å²) in [6, 6.07) is 10.7. The van der Waals surface area contributed by atoms with Crippen LogP contribution in [0.25, 0.3) is 0 Å². The molecule has 0 fully saturated rings. The first-order valence-electron chi connectivity index (χ1n) is 5.68. The van der Waals surface area contributed by atoms with Crippen LogP contribution in [0.4, 0.5) is 0 Å². The zero-order chi connectivity index (χ0) is 11.6. The highest BCUT2D eigenvalue weighted by Gasteiger charge is 2.04. The normalized spacial score (nSPS) is 10.9. The van der Waals surface area contributed by atoms with Crippen LogP contribution in [0, 0.1) is 0 Å². The number of benzene rings is 1. The van der Waals surface area contributed by atoms with Gasteiger partial charge in [-0.1, -0.05) is 46.3 Å². The van der Waals surface area contributed by atoms with Gasteiger partial charge in [-0.25, -0.2) is 0 Å². The molecule has 0 amide bonds. The SMILES string of the molecule is CSCCCN(CCBr)Cc1ccccc1. The van der Waals surface area contributed by atoms with E-state index in [4.69, 9.17) is 0 Å². The first kappa shape index (κ1) is 14.1. The van der Waals surface area contributed by atoms with Crippen molar-refractivity contribution in [3.8, 4) is 0 Å². The number of thioether (sulfide) groups is 1. The minimum absolute atomic E-state index is 1.05. The lowest BCUT2D eigenvalue weighted by molar-refractivity contribution is 0.284. The smallest absolute Gasteiger partial charge is 0.0234 e. The highest BCUT2D eigenvalue weighted by Crippen LogP contribution is 2.06. The summed E-state index contributed by atoms with van der Waals surface area (Å²) in [5, 5.41) is 1.05. The quantitative estimate of drug-likeness (QED) is 0.533. The lowest BCUT2D eigenvalue weighted by atomic mass is 10.2. The van der Waals surface area contributed by atoms with Crippen molar-refractivity contribution in [3.63, 3.8) is 0 Å². The van der Waals surface area contributed by atoms with Crippen LogP contribution >= 0.6 is 27.7 Å². The van der Waals surface area contributed by atoms with Crippen LogP contribution in [0.1, 0.15) is 12.0 Å². The Bertz CT molecular complexity index is 266. The second kappa shape index (κ2) is 9.08. The van der Waals surface area contributed by atoms with Crippen molar-refractivity contribution in [2.24, 2.45) is 0 Å². The number of nitrogens with zero attached hydrogens (tertiary/aromatic N) is 1. The highest BCUT2D eigenvalue weighted by atomic mass is 79.9. The Morgan fingerprint density at radius 2 is 1.94 bits per heavy atom. The van der Waals surface area contributed by atoms with E-state index in [0.29, 0.717) is 0 Å². The Kier molecular flexibility index (Phi) is 7.99. The number of hydrogen-bond donors (Lipinski definition) is 0. The molecule has 0 saturated heterocycles. The Morgan fingerprint density at radius 1 is 1.19 bits per heavy atom. The summed E-state index contributed by atoms with van der Waals surface area (Å²) in [6.45, 7) is 3.39. The molecule has 0 aliphatic rings. The Morgan fingerprint density at radius 3 is 2.56 bits per heavy atom. The van der Waals surface area contributed by atoms with Gasteiger partial charge < -0.3 is 0 Å². The maximum Gasteiger partial charge on any atom is 0.0234 e. The summed E-state index contributed by atoms with van der Waals surface area (Å²) in [5.74, 6) is 1.26. The molecule has 90 valence electrons. The van der Waals surface area contributed by atoms with Crippen LogP contribution in [-0.2, 0) is 6.54 Å². The molecule has 0 spiro atoms. The molecule has 0 aromatic heterocycles. The summed E-state index contributed by atoms with van der Waals surface area (Å²) in [5.41, 5.74) is 1.41. The van der Waals surface area contributed by atoms with Crippen molar-refractivity contribution >= 4 is 27.7 Å². The molecule has 3 heteroatoms. The molecular weight excluding hydrogens is 282 g/mol. The highest BCUT2D eigenvalue weighted by molar-refractivity contribution is 9.09. The lowest BCUT2D eigenvalue weighted by Gasteiger charge is -2.21. The molecule has 1 rings (SSSR count). The maximum absolute atomic E-state index is 3.53. The van der Waals surface area contributed by atoms with Crippen LogP contribution < -0.4 is 0 Å². The van der Waals surface area contributed by atoms with E-state index < -0.39 is 0 Å². The number of rotatable bonds is 8. The van der Waals surface area contributed by atoms with E-state index >= 15 is 0 Å². The van der Waals surface area contributed by atoms with Gasteiger partial charge in [-0.2, -0.15) is 11.8 Å². The van der Waals surface area contributed by atoms with Crippen molar-refractivity contribution in [2.45, 2.75) is 13.0 Å². The van der Waals surface area contributed by atoms with Gasteiger partial charge in [-0.3, -0.25) is 4.90 Å². The van der Waals surface area contributed by atoms with Crippen LogP contribution in [0.2, 0.25) is 0 Å². The molecule has 0 aliphatic heterocycles. The first-order chi connectivity index (χ1) is 7.86. The van der Waals surface area contributed by atoms with Crippen molar-refractivity contribution in [3.05, 3.63) is 35.9 Å². The fourth-order valence-corrected chi connectivity index (χ4v) is 2.58. The van der Waals surface area contributed by atoms with Gasteiger partial charge in [-0.15, -0.1) is 0 Å². The largest absolute Gasteiger partial charge is 0.298 e. The van der Waals surface area contributed by atoms with E-state index in [1.807, 2.05) is 11.8 Å². The van der Waals surface area contributed by atoms with Gasteiger partial charge in [0.05, 0.1) is 0 Å². The van der Waals surface area contributed by atoms with E-state index in [1.165, 1.54) is 24.3 Å². The van der Waals surface area contributed by atoms with Gasteiger partial charge in [0.25, 0.3) is 0 Å². The number of halogens is 1. The molecule has 1 nitrogen and oxygen atoms in total. The van der Waals surface area contributed by atoms with E-state index in [-0.39, 0.29) is 0 Å². The van der Waals surface area contributed by atoms with Crippen molar-refractivity contribution in [1.29, 1.82) is 0 Å². The molecule has 0 saturated carbocycles. The second-order valence-corrected chi connectivity index (χ2v) is 5.58. The summed E-state index contributed by atoms with van der Waals surface area (Å²) < 4.78 is 0. The third kappa shape index (κ3) is 5.92. The van der Waals surface area contributed by atoms with Gasteiger partial charge in [-0.05, 0) is 30.5 Å². The van der Waals surface area contributed by atoms with Crippen LogP contribution in [0.5, 0.6) is 0 Å². The van der Waals surface area contributed by atoms with E-state index in [0.717, 1.165) is 18.4 Å². The van der Waals surface area contributed by atoms with E-state index in [9.17, 15) is 0 Å². The number of alkyl halides is 1. The number of hydrogen-bond acceptors (Lipinski definition) is 2. The summed E-state index contributed by atoms with van der Waals surface area (Å²) in [6.07, 6.45) is 3.45. The molecular formula is C13H20BrNS. The molecule has 16 heavy (non-hydrogen) atoms. The van der Waals surface area contributed by atoms with Gasteiger partial charge >= 0.3 is 0 Å². The molecule has 0 unspecified atom stereocenters. The second-order valence-electron chi connectivity index (χ2n) is 3.80. The van der Waals surface area contributed by atoms with Crippen molar-refractivity contribution in [1.82, 2.24) is 4.90 Å². The maximum atomic E-state index is 3.53. The molecule has 0 radical (unpaired) electrons. The summed E-state index contributed by atoms with van der Waals surface area (Å²) in [7, 11) is 0. The average molecular weight is 302 g/mol. The third-order valence-corrected chi connectivity index (χ3v) is 3.52. The Balaban J connectivity index is 2.38. The lowest BCUT2D eigenvalue weighted by Crippen LogP contribution is -2.26. The van der Waals surface area contributed by atoms with Gasteiger partial charge in [0.15, 0.2) is 0 Å². The summed E-state index contributed by atoms with van der Waals surface area (Å²) >= 11 is 5.46. The standard InChI is InChI=1S/C13H20BrNS/c1-16-11-5-9-15(10-8-14)12-13-6-3-2-4-7-13/h2-4,6-7H,5,8-12H2,1H3. The topological polar surface area (TPSA) is 3.24 Å². The van der Waals surface area contributed by atoms with Gasteiger partial charge in [0.2, 0.25) is 0 Å². The van der Waals surface area contributed by atoms with Crippen LogP contribution in [0.3, 0.4) is 0 Å². The average Bonchev–Trinajstić information content (AvgIpc) is 2.31. The van der Waals surface area contributed by atoms with Crippen LogP contribution in [-0.4, -0.2) is 35.3 Å². The Hall–Kier alpha value is 0.0100. The minimum atomic E-state index is 1.05. The van der Waals surface area contributed by atoms with Crippen molar-refractivity contribution < 1.29 is 0 Å². The fourth-order valence-electron chi connectivity index (χ4n) is 1.66. The molecule has 0 heterocycles. The third-order valence-electron chi connectivity index (χ3n) is 2.47. The Labute approximate surface area is 112 Å². The van der Waals surface area contributed by atoms with Gasteiger partial charge in [0, 0.05) is 18.4 Å². The van der Waals surface area contributed by atoms with Crippen molar-refractivity contribution in [2.75, 3.05) is 30.4 Å². The minimum Gasteiger partial charge on any atom is -0.298 e. The molecule has 1 aromatic rings. The van der Waals surface area contributed by atoms with E-state index in [2.05, 4.69) is 57.4 Å². The fraction of sp³-hybridized carbons (Fsp3) is 0.538. The van der Waals surface area contributed by atoms with E-state index in [1.54, 1.807) is 0 Å². The molecule has 0 atom stereocenters. The summed E-state index contributed by atoms with van der Waals surface area (Å²) in [4.78, 5) is 2.51. The molecule has 0 aliphatic carbocycles.